The van der Waals surface area contributed by atoms with E-state index in [4.69, 9.17) is 0 Å². The third kappa shape index (κ3) is 4.67. The van der Waals surface area contributed by atoms with Gasteiger partial charge in [-0.25, -0.2) is 0 Å². The number of hydrogen-bond acceptors (Lipinski definition) is 4. The first-order chi connectivity index (χ1) is 13.4. The second-order valence-electron chi connectivity index (χ2n) is 6.24. The summed E-state index contributed by atoms with van der Waals surface area (Å²) in [6, 6.07) is 11.8. The Morgan fingerprint density at radius 1 is 1.07 bits per heavy atom. The first-order valence-corrected chi connectivity index (χ1v) is 11.3. The first-order valence-electron chi connectivity index (χ1n) is 8.78. The average molecular weight is 524 g/mol. The molecule has 0 atom stereocenters. The Morgan fingerprint density at radius 3 is 2.46 bits per heavy atom. The van der Waals surface area contributed by atoms with E-state index in [1.165, 1.54) is 11.8 Å². The minimum Gasteiger partial charge on any atom is -0.325 e. The second-order valence-corrected chi connectivity index (χ2v) is 8.95. The number of carbonyl (C=O) groups is 1. The maximum atomic E-state index is 12.4. The van der Waals surface area contributed by atoms with Gasteiger partial charge < -0.3 is 9.88 Å². The zero-order valence-electron chi connectivity index (χ0n) is 15.8. The molecule has 0 aliphatic heterocycles. The van der Waals surface area contributed by atoms with E-state index in [9.17, 15) is 4.79 Å². The highest BCUT2D eigenvalue weighted by Gasteiger charge is 2.15. The van der Waals surface area contributed by atoms with Gasteiger partial charge >= 0.3 is 0 Å². The van der Waals surface area contributed by atoms with Gasteiger partial charge in [0.25, 0.3) is 0 Å². The van der Waals surface area contributed by atoms with Crippen molar-refractivity contribution in [2.45, 2.75) is 32.5 Å². The van der Waals surface area contributed by atoms with E-state index in [1.54, 1.807) is 0 Å². The zero-order chi connectivity index (χ0) is 20.3. The quantitative estimate of drug-likeness (QED) is 0.412. The fourth-order valence-corrected chi connectivity index (χ4v) is 4.23. The lowest BCUT2D eigenvalue weighted by atomic mass is 10.1. The molecule has 1 N–H and O–H groups in total. The number of halogens is 2. The summed E-state index contributed by atoms with van der Waals surface area (Å²) in [7, 11) is 0. The van der Waals surface area contributed by atoms with Crippen molar-refractivity contribution in [2.75, 3.05) is 11.1 Å². The van der Waals surface area contributed by atoms with Gasteiger partial charge in [-0.1, -0.05) is 55.8 Å². The van der Waals surface area contributed by atoms with Gasteiger partial charge in [-0.2, -0.15) is 0 Å². The summed E-state index contributed by atoms with van der Waals surface area (Å²) in [6.07, 6.45) is 0. The molecule has 0 fully saturated rings. The van der Waals surface area contributed by atoms with Gasteiger partial charge in [-0.3, -0.25) is 4.79 Å². The van der Waals surface area contributed by atoms with Crippen molar-refractivity contribution < 1.29 is 4.79 Å². The Balaban J connectivity index is 1.70. The molecular formula is C20H20Br2N4OS. The molecule has 5 nitrogen and oxygen atoms in total. The summed E-state index contributed by atoms with van der Waals surface area (Å²) in [4.78, 5) is 12.4. The lowest BCUT2D eigenvalue weighted by molar-refractivity contribution is -0.113. The lowest BCUT2D eigenvalue weighted by Crippen LogP contribution is -2.15. The van der Waals surface area contributed by atoms with Crippen LogP contribution in [0.25, 0.3) is 11.4 Å². The van der Waals surface area contributed by atoms with Crippen LogP contribution in [0.15, 0.2) is 50.5 Å². The molecule has 8 heteroatoms. The molecule has 3 aromatic rings. The van der Waals surface area contributed by atoms with Gasteiger partial charge in [0, 0.05) is 26.7 Å². The van der Waals surface area contributed by atoms with E-state index >= 15 is 0 Å². The molecule has 0 bridgehead atoms. The summed E-state index contributed by atoms with van der Waals surface area (Å²) in [5.41, 5.74) is 4.01. The number of thioether (sulfide) groups is 1. The number of carbonyl (C=O) groups excluding carboxylic acids is 1. The molecule has 0 saturated heterocycles. The molecule has 0 saturated carbocycles. The number of benzene rings is 2. The van der Waals surface area contributed by atoms with Crippen LogP contribution >= 0.6 is 43.6 Å². The van der Waals surface area contributed by atoms with Crippen molar-refractivity contribution in [3.05, 3.63) is 56.5 Å². The molecule has 2 aromatic carbocycles. The SMILES string of the molecule is CCn1c(SCC(=O)Nc2ccc(Br)c(C)c2C)nnc1-c1ccc(Br)cc1. The minimum atomic E-state index is -0.0642. The Labute approximate surface area is 185 Å². The molecule has 0 spiro atoms. The molecular weight excluding hydrogens is 504 g/mol. The van der Waals surface area contributed by atoms with Crippen molar-refractivity contribution in [3.8, 4) is 11.4 Å². The predicted molar refractivity (Wildman–Crippen MR) is 122 cm³/mol. The number of rotatable bonds is 6. The van der Waals surface area contributed by atoms with Crippen molar-refractivity contribution in [1.29, 1.82) is 0 Å². The van der Waals surface area contributed by atoms with Gasteiger partial charge in [-0.05, 0) is 56.2 Å². The monoisotopic (exact) mass is 522 g/mol. The number of anilines is 1. The van der Waals surface area contributed by atoms with E-state index in [-0.39, 0.29) is 11.7 Å². The Hall–Kier alpha value is -1.64. The van der Waals surface area contributed by atoms with Crippen LogP contribution in [0.2, 0.25) is 0 Å². The molecule has 0 radical (unpaired) electrons. The summed E-state index contributed by atoms with van der Waals surface area (Å²) in [6.45, 7) is 6.80. The van der Waals surface area contributed by atoms with Gasteiger partial charge in [0.05, 0.1) is 5.75 Å². The molecule has 28 heavy (non-hydrogen) atoms. The normalized spacial score (nSPS) is 10.9. The number of aromatic nitrogens is 3. The van der Waals surface area contributed by atoms with Crippen LogP contribution < -0.4 is 5.32 Å². The molecule has 0 aliphatic carbocycles. The van der Waals surface area contributed by atoms with Crippen LogP contribution in [-0.2, 0) is 11.3 Å². The number of nitrogens with zero attached hydrogens (tertiary/aromatic N) is 3. The van der Waals surface area contributed by atoms with Crippen LogP contribution in [0.4, 0.5) is 5.69 Å². The predicted octanol–water partition coefficient (Wildman–Crippen LogP) is 5.84. The van der Waals surface area contributed by atoms with E-state index in [0.29, 0.717) is 0 Å². The number of amides is 1. The lowest BCUT2D eigenvalue weighted by Gasteiger charge is -2.12. The van der Waals surface area contributed by atoms with Gasteiger partial charge in [0.1, 0.15) is 0 Å². The highest BCUT2D eigenvalue weighted by atomic mass is 79.9. The maximum Gasteiger partial charge on any atom is 0.234 e. The highest BCUT2D eigenvalue weighted by Crippen LogP contribution is 2.27. The third-order valence-electron chi connectivity index (χ3n) is 4.46. The third-order valence-corrected chi connectivity index (χ3v) is 6.82. The van der Waals surface area contributed by atoms with E-state index in [2.05, 4.69) is 47.4 Å². The zero-order valence-corrected chi connectivity index (χ0v) is 19.8. The Kier molecular flexibility index (Phi) is 6.95. The molecule has 146 valence electrons. The van der Waals surface area contributed by atoms with Gasteiger partial charge in [-0.15, -0.1) is 10.2 Å². The number of nitrogens with one attached hydrogen (secondary N) is 1. The van der Waals surface area contributed by atoms with Crippen molar-refractivity contribution in [3.63, 3.8) is 0 Å². The highest BCUT2D eigenvalue weighted by molar-refractivity contribution is 9.10. The number of hydrogen-bond donors (Lipinski definition) is 1. The summed E-state index contributed by atoms with van der Waals surface area (Å²) >= 11 is 8.35. The van der Waals surface area contributed by atoms with Crippen molar-refractivity contribution >= 4 is 55.2 Å². The first kappa shape index (κ1) is 21.1. The van der Waals surface area contributed by atoms with Crippen molar-refractivity contribution in [2.24, 2.45) is 0 Å². The van der Waals surface area contributed by atoms with Crippen LogP contribution in [0.5, 0.6) is 0 Å². The molecule has 0 aliphatic rings. The average Bonchev–Trinajstić information content (AvgIpc) is 3.10. The molecule has 3 rings (SSSR count). The van der Waals surface area contributed by atoms with Gasteiger partial charge in [0.2, 0.25) is 5.91 Å². The van der Waals surface area contributed by atoms with Crippen LogP contribution in [0, 0.1) is 13.8 Å². The van der Waals surface area contributed by atoms with E-state index < -0.39 is 0 Å². The van der Waals surface area contributed by atoms with Crippen molar-refractivity contribution in [1.82, 2.24) is 14.8 Å². The van der Waals surface area contributed by atoms with E-state index in [0.717, 1.165) is 48.8 Å². The largest absolute Gasteiger partial charge is 0.325 e. The topological polar surface area (TPSA) is 59.8 Å². The van der Waals surface area contributed by atoms with Gasteiger partial charge in [0.15, 0.2) is 11.0 Å². The molecule has 0 unspecified atom stereocenters. The molecule has 1 aromatic heterocycles. The Bertz CT molecular complexity index is 1000. The van der Waals surface area contributed by atoms with Crippen LogP contribution in [0.1, 0.15) is 18.1 Å². The van der Waals surface area contributed by atoms with Crippen LogP contribution in [-0.4, -0.2) is 26.4 Å². The molecule has 1 amide bonds. The van der Waals surface area contributed by atoms with E-state index in [1.807, 2.05) is 61.7 Å². The van der Waals surface area contributed by atoms with Crippen LogP contribution in [0.3, 0.4) is 0 Å². The fourth-order valence-electron chi connectivity index (χ4n) is 2.73. The second kappa shape index (κ2) is 9.24. The smallest absolute Gasteiger partial charge is 0.234 e. The standard InChI is InChI=1S/C20H20Br2N4OS/c1-4-26-19(14-5-7-15(21)8-6-14)24-25-20(26)28-11-18(27)23-17-10-9-16(22)12(2)13(17)3/h5-10H,4,11H2,1-3H3,(H,23,27). The maximum absolute atomic E-state index is 12.4. The summed E-state index contributed by atoms with van der Waals surface area (Å²) in [5, 5.41) is 12.3. The minimum absolute atomic E-state index is 0.0642. The molecule has 1 heterocycles. The summed E-state index contributed by atoms with van der Waals surface area (Å²) < 4.78 is 4.08. The fraction of sp³-hybridized carbons (Fsp3) is 0.250. The summed E-state index contributed by atoms with van der Waals surface area (Å²) in [5.74, 6) is 1.01. The Morgan fingerprint density at radius 2 is 1.79 bits per heavy atom.